The highest BCUT2D eigenvalue weighted by atomic mass is 15.6. The van der Waals surface area contributed by atoms with Gasteiger partial charge in [-0.05, 0) is 23.1 Å². The fraction of sp³-hybridized carbons (Fsp3) is 0.400. The lowest BCUT2D eigenvalue weighted by Crippen LogP contribution is -2.19. The van der Waals surface area contributed by atoms with Crippen LogP contribution >= 0.6 is 0 Å². The molecule has 70 valence electrons. The van der Waals surface area contributed by atoms with Crippen LogP contribution in [0.15, 0.2) is 18.2 Å². The van der Waals surface area contributed by atoms with Crippen molar-refractivity contribution < 1.29 is 0 Å². The van der Waals surface area contributed by atoms with Crippen LogP contribution in [0.25, 0.3) is 0 Å². The van der Waals surface area contributed by atoms with E-state index in [4.69, 9.17) is 0 Å². The Morgan fingerprint density at radius 3 is 2.38 bits per heavy atom. The molecule has 1 heterocycles. The van der Waals surface area contributed by atoms with Crippen molar-refractivity contribution in [2.24, 2.45) is 0 Å². The third-order valence-electron chi connectivity index (χ3n) is 2.28. The van der Waals surface area contributed by atoms with Crippen molar-refractivity contribution in [3.63, 3.8) is 0 Å². The molecule has 3 nitrogen and oxygen atoms in total. The Bertz CT molecular complexity index is 325. The molecule has 1 aliphatic rings. The average Bonchev–Trinajstić information content (AvgIpc) is 2.47. The topological polar surface area (TPSA) is 36.1 Å². The third-order valence-corrected chi connectivity index (χ3v) is 2.28. The van der Waals surface area contributed by atoms with E-state index in [1.165, 1.54) is 5.56 Å². The van der Waals surface area contributed by atoms with Gasteiger partial charge < -0.3 is 10.9 Å². The van der Waals surface area contributed by atoms with Gasteiger partial charge in [-0.3, -0.25) is 0 Å². The summed E-state index contributed by atoms with van der Waals surface area (Å²) in [4.78, 5) is 0. The van der Waals surface area contributed by atoms with Crippen LogP contribution < -0.4 is 16.4 Å². The quantitative estimate of drug-likeness (QED) is 0.568. The fourth-order valence-electron chi connectivity index (χ4n) is 1.39. The van der Waals surface area contributed by atoms with Gasteiger partial charge >= 0.3 is 0 Å². The molecule has 13 heavy (non-hydrogen) atoms. The highest BCUT2D eigenvalue weighted by molar-refractivity contribution is 5.72. The smallest absolute Gasteiger partial charge is 0.0753 e. The number of hydrazine groups is 2. The van der Waals surface area contributed by atoms with Crippen LogP contribution in [0, 0.1) is 0 Å². The Kier molecular flexibility index (Phi) is 1.70. The van der Waals surface area contributed by atoms with Gasteiger partial charge in [-0.2, -0.15) is 0 Å². The highest BCUT2D eigenvalue weighted by Crippen LogP contribution is 2.30. The molecule has 1 aliphatic heterocycles. The molecule has 1 aromatic rings. The molecule has 2 rings (SSSR count). The van der Waals surface area contributed by atoms with Gasteiger partial charge in [-0.15, -0.1) is 5.53 Å². The van der Waals surface area contributed by atoms with Gasteiger partial charge in [0.25, 0.3) is 0 Å². The molecule has 0 unspecified atom stereocenters. The lowest BCUT2D eigenvalue weighted by molar-refractivity contribution is 0.590. The van der Waals surface area contributed by atoms with Gasteiger partial charge in [0, 0.05) is 0 Å². The largest absolute Gasteiger partial charge is 0.302 e. The summed E-state index contributed by atoms with van der Waals surface area (Å²) >= 11 is 0. The van der Waals surface area contributed by atoms with Gasteiger partial charge in [0.1, 0.15) is 0 Å². The zero-order valence-corrected chi connectivity index (χ0v) is 8.23. The van der Waals surface area contributed by atoms with Crippen molar-refractivity contribution in [1.82, 2.24) is 5.53 Å². The Morgan fingerprint density at radius 2 is 1.69 bits per heavy atom. The van der Waals surface area contributed by atoms with Crippen LogP contribution in [0.3, 0.4) is 0 Å². The maximum atomic E-state index is 3.05. The Balaban J connectivity index is 2.42. The van der Waals surface area contributed by atoms with Crippen LogP contribution in [-0.2, 0) is 5.41 Å². The predicted molar refractivity (Wildman–Crippen MR) is 55.5 cm³/mol. The maximum Gasteiger partial charge on any atom is 0.0753 e. The van der Waals surface area contributed by atoms with E-state index in [0.717, 1.165) is 11.4 Å². The van der Waals surface area contributed by atoms with Gasteiger partial charge in [0.05, 0.1) is 11.4 Å². The molecule has 0 atom stereocenters. The van der Waals surface area contributed by atoms with Gasteiger partial charge in [-0.25, -0.2) is 0 Å². The molecule has 1 aromatic carbocycles. The summed E-state index contributed by atoms with van der Waals surface area (Å²) in [5.74, 6) is 0. The first-order chi connectivity index (χ1) is 6.07. The summed E-state index contributed by atoms with van der Waals surface area (Å²) in [7, 11) is 0. The monoisotopic (exact) mass is 177 g/mol. The first-order valence-corrected chi connectivity index (χ1v) is 4.49. The lowest BCUT2D eigenvalue weighted by atomic mass is 9.87. The second kappa shape index (κ2) is 2.64. The van der Waals surface area contributed by atoms with E-state index in [9.17, 15) is 0 Å². The van der Waals surface area contributed by atoms with Crippen molar-refractivity contribution in [2.45, 2.75) is 26.2 Å². The Labute approximate surface area is 78.5 Å². The zero-order chi connectivity index (χ0) is 9.47. The minimum atomic E-state index is 0.208. The molecular weight excluding hydrogens is 162 g/mol. The van der Waals surface area contributed by atoms with Crippen LogP contribution in [0.1, 0.15) is 26.3 Å². The maximum absolute atomic E-state index is 3.05. The first-order valence-electron chi connectivity index (χ1n) is 4.49. The van der Waals surface area contributed by atoms with E-state index in [0.29, 0.717) is 0 Å². The summed E-state index contributed by atoms with van der Waals surface area (Å²) < 4.78 is 0. The molecule has 0 amide bonds. The normalized spacial score (nSPS) is 14.7. The van der Waals surface area contributed by atoms with E-state index in [1.54, 1.807) is 0 Å². The fourth-order valence-corrected chi connectivity index (χ4v) is 1.39. The average molecular weight is 177 g/mol. The summed E-state index contributed by atoms with van der Waals surface area (Å²) in [6.45, 7) is 6.64. The van der Waals surface area contributed by atoms with Crippen LogP contribution in [-0.4, -0.2) is 0 Å². The SMILES string of the molecule is CC(C)(C)c1ccc2c(c1)NNN2. The number of rotatable bonds is 0. The molecule has 0 fully saturated rings. The van der Waals surface area contributed by atoms with E-state index in [1.807, 2.05) is 0 Å². The first kappa shape index (κ1) is 8.38. The Hall–Kier alpha value is -1.22. The number of benzene rings is 1. The van der Waals surface area contributed by atoms with Crippen molar-refractivity contribution in [3.8, 4) is 0 Å². The predicted octanol–water partition coefficient (Wildman–Crippen LogP) is 2.24. The minimum Gasteiger partial charge on any atom is -0.302 e. The molecule has 0 radical (unpaired) electrons. The highest BCUT2D eigenvalue weighted by Gasteiger charge is 2.16. The molecule has 0 aromatic heterocycles. The summed E-state index contributed by atoms with van der Waals surface area (Å²) in [6.07, 6.45) is 0. The molecular formula is C10H15N3. The van der Waals surface area contributed by atoms with Crippen LogP contribution in [0.2, 0.25) is 0 Å². The molecule has 0 aliphatic carbocycles. The molecule has 0 spiro atoms. The van der Waals surface area contributed by atoms with E-state index in [2.05, 4.69) is 55.4 Å². The molecule has 0 bridgehead atoms. The second-order valence-electron chi connectivity index (χ2n) is 4.39. The Morgan fingerprint density at radius 1 is 1.00 bits per heavy atom. The van der Waals surface area contributed by atoms with Crippen LogP contribution in [0.5, 0.6) is 0 Å². The van der Waals surface area contributed by atoms with Gasteiger partial charge in [0.15, 0.2) is 0 Å². The van der Waals surface area contributed by atoms with Crippen molar-refractivity contribution >= 4 is 11.4 Å². The molecule has 3 heteroatoms. The lowest BCUT2D eigenvalue weighted by Gasteiger charge is -2.19. The van der Waals surface area contributed by atoms with Crippen molar-refractivity contribution in [3.05, 3.63) is 23.8 Å². The standard InChI is InChI=1S/C10H15N3/c1-10(2,3)7-4-5-8-9(6-7)12-13-11-8/h4-6,11-13H,1-3H3. The number of hydrogen-bond donors (Lipinski definition) is 3. The van der Waals surface area contributed by atoms with E-state index >= 15 is 0 Å². The minimum absolute atomic E-state index is 0.208. The van der Waals surface area contributed by atoms with Crippen molar-refractivity contribution in [1.29, 1.82) is 0 Å². The number of fused-ring (bicyclic) bond motifs is 1. The molecule has 0 saturated heterocycles. The van der Waals surface area contributed by atoms with Crippen LogP contribution in [0.4, 0.5) is 11.4 Å². The molecule has 3 N–H and O–H groups in total. The van der Waals surface area contributed by atoms with E-state index < -0.39 is 0 Å². The summed E-state index contributed by atoms with van der Waals surface area (Å²) in [6, 6.07) is 6.41. The van der Waals surface area contributed by atoms with Gasteiger partial charge in [0.2, 0.25) is 0 Å². The summed E-state index contributed by atoms with van der Waals surface area (Å²) in [5.41, 5.74) is 12.7. The zero-order valence-electron chi connectivity index (χ0n) is 8.23. The molecule has 0 saturated carbocycles. The van der Waals surface area contributed by atoms with Crippen molar-refractivity contribution in [2.75, 3.05) is 10.9 Å². The van der Waals surface area contributed by atoms with E-state index in [-0.39, 0.29) is 5.41 Å². The second-order valence-corrected chi connectivity index (χ2v) is 4.39. The van der Waals surface area contributed by atoms with Gasteiger partial charge in [-0.1, -0.05) is 26.8 Å². The third kappa shape index (κ3) is 1.47. The summed E-state index contributed by atoms with van der Waals surface area (Å²) in [5, 5.41) is 0. The number of hydrogen-bond acceptors (Lipinski definition) is 3. The number of anilines is 2. The number of nitrogens with one attached hydrogen (secondary N) is 3.